The van der Waals surface area contributed by atoms with Gasteiger partial charge < -0.3 is 24.2 Å². The van der Waals surface area contributed by atoms with Crippen molar-refractivity contribution in [1.82, 2.24) is 9.88 Å². The Morgan fingerprint density at radius 3 is 2.68 bits per heavy atom. The molecule has 8 nitrogen and oxygen atoms in total. The number of ether oxygens (including phenoxy) is 3. The molecule has 1 aromatic heterocycles. The van der Waals surface area contributed by atoms with Gasteiger partial charge in [0.2, 0.25) is 0 Å². The number of carbonyl (C=O) groups excluding carboxylic acids is 2. The summed E-state index contributed by atoms with van der Waals surface area (Å²) < 4.78 is 17.2. The summed E-state index contributed by atoms with van der Waals surface area (Å²) in [5.41, 5.74) is 1.81. The predicted molar refractivity (Wildman–Crippen MR) is 141 cm³/mol. The molecule has 2 aliphatic heterocycles. The normalized spacial score (nSPS) is 18.0. The summed E-state index contributed by atoms with van der Waals surface area (Å²) in [4.78, 5) is 32.4. The number of aromatic nitrogens is 1. The first-order valence-electron chi connectivity index (χ1n) is 12.9. The number of hydrogen-bond acceptors (Lipinski definition) is 7. The third kappa shape index (κ3) is 5.20. The molecule has 1 saturated heterocycles. The first-order chi connectivity index (χ1) is 18.6. The van der Waals surface area contributed by atoms with Crippen molar-refractivity contribution in [2.75, 3.05) is 19.8 Å². The number of hydrogen-bond donors (Lipinski definition) is 1. The molecular formula is C30H30N2O6. The molecule has 2 aromatic carbocycles. The van der Waals surface area contributed by atoms with E-state index >= 15 is 0 Å². The molecule has 38 heavy (non-hydrogen) atoms. The Bertz CT molecular complexity index is 1350. The average Bonchev–Trinajstić information content (AvgIpc) is 3.20. The molecular weight excluding hydrogens is 484 g/mol. The van der Waals surface area contributed by atoms with Crippen LogP contribution >= 0.6 is 0 Å². The Hall–Kier alpha value is -4.33. The van der Waals surface area contributed by atoms with Crippen LogP contribution in [0.3, 0.4) is 0 Å². The van der Waals surface area contributed by atoms with Crippen LogP contribution in [0.1, 0.15) is 48.9 Å². The van der Waals surface area contributed by atoms with E-state index in [1.54, 1.807) is 36.7 Å². The maximum absolute atomic E-state index is 13.4. The number of amides is 1. The fourth-order valence-electron chi connectivity index (χ4n) is 4.74. The van der Waals surface area contributed by atoms with Gasteiger partial charge in [0.05, 0.1) is 18.2 Å². The Balaban J connectivity index is 1.56. The maximum atomic E-state index is 13.4. The van der Waals surface area contributed by atoms with Crippen LogP contribution in [-0.4, -0.2) is 46.5 Å². The number of fused-ring (bicyclic) bond motifs is 1. The van der Waals surface area contributed by atoms with E-state index in [2.05, 4.69) is 11.9 Å². The van der Waals surface area contributed by atoms with Crippen LogP contribution in [0.2, 0.25) is 0 Å². The highest BCUT2D eigenvalue weighted by atomic mass is 16.6. The van der Waals surface area contributed by atoms with E-state index in [1.807, 2.05) is 30.3 Å². The second kappa shape index (κ2) is 11.4. The van der Waals surface area contributed by atoms with E-state index in [1.165, 1.54) is 4.90 Å². The van der Waals surface area contributed by atoms with Gasteiger partial charge in [-0.25, -0.2) is 0 Å². The topological polar surface area (TPSA) is 98.2 Å². The van der Waals surface area contributed by atoms with E-state index in [9.17, 15) is 14.7 Å². The van der Waals surface area contributed by atoms with Crippen molar-refractivity contribution in [3.05, 3.63) is 89.3 Å². The molecule has 3 aromatic rings. The van der Waals surface area contributed by atoms with E-state index < -0.39 is 17.7 Å². The highest BCUT2D eigenvalue weighted by Crippen LogP contribution is 2.42. The summed E-state index contributed by atoms with van der Waals surface area (Å²) in [5.74, 6) is -0.0239. The zero-order valence-corrected chi connectivity index (χ0v) is 21.3. The van der Waals surface area contributed by atoms with Gasteiger partial charge in [0, 0.05) is 24.5 Å². The quantitative estimate of drug-likeness (QED) is 0.185. The van der Waals surface area contributed by atoms with Gasteiger partial charge in [-0.3, -0.25) is 14.6 Å². The fourth-order valence-corrected chi connectivity index (χ4v) is 4.74. The number of nitrogens with zero attached hydrogens (tertiary/aromatic N) is 2. The van der Waals surface area contributed by atoms with Crippen LogP contribution in [0, 0.1) is 0 Å². The monoisotopic (exact) mass is 514 g/mol. The van der Waals surface area contributed by atoms with E-state index in [0.717, 1.165) is 24.8 Å². The molecule has 0 saturated carbocycles. The number of carbonyl (C=O) groups is 2. The molecule has 1 atom stereocenters. The molecule has 1 amide bonds. The van der Waals surface area contributed by atoms with Crippen molar-refractivity contribution in [2.24, 2.45) is 0 Å². The Kier molecular flexibility index (Phi) is 7.58. The van der Waals surface area contributed by atoms with Gasteiger partial charge in [0.25, 0.3) is 11.7 Å². The maximum Gasteiger partial charge on any atom is 0.295 e. The lowest BCUT2D eigenvalue weighted by Gasteiger charge is -2.26. The largest absolute Gasteiger partial charge is 0.507 e. The molecule has 3 heterocycles. The van der Waals surface area contributed by atoms with E-state index in [-0.39, 0.29) is 17.9 Å². The Morgan fingerprint density at radius 2 is 1.89 bits per heavy atom. The highest BCUT2D eigenvalue weighted by Gasteiger charge is 2.46. The molecule has 0 radical (unpaired) electrons. The molecule has 0 spiro atoms. The highest BCUT2D eigenvalue weighted by molar-refractivity contribution is 6.46. The van der Waals surface area contributed by atoms with Crippen molar-refractivity contribution in [3.8, 4) is 17.2 Å². The van der Waals surface area contributed by atoms with Crippen molar-refractivity contribution in [2.45, 2.75) is 38.8 Å². The van der Waals surface area contributed by atoms with Gasteiger partial charge in [0.1, 0.15) is 24.7 Å². The molecule has 196 valence electrons. The Morgan fingerprint density at radius 1 is 1.05 bits per heavy atom. The van der Waals surface area contributed by atoms with Crippen molar-refractivity contribution >= 4 is 17.4 Å². The Labute approximate surface area is 221 Å². The molecule has 0 aliphatic carbocycles. The summed E-state index contributed by atoms with van der Waals surface area (Å²) in [7, 11) is 0. The number of unbranched alkanes of at least 4 members (excludes halogenated alkanes) is 2. The minimum atomic E-state index is -0.817. The summed E-state index contributed by atoms with van der Waals surface area (Å²) in [6, 6.07) is 15.1. The fraction of sp³-hybridized carbons (Fsp3) is 0.300. The number of aliphatic hydroxyl groups is 1. The zero-order valence-electron chi connectivity index (χ0n) is 21.3. The predicted octanol–water partition coefficient (Wildman–Crippen LogP) is 5.04. The molecule has 2 aliphatic rings. The second-order valence-corrected chi connectivity index (χ2v) is 9.27. The van der Waals surface area contributed by atoms with Crippen molar-refractivity contribution in [1.29, 1.82) is 0 Å². The molecule has 1 unspecified atom stereocenters. The average molecular weight is 515 g/mol. The minimum Gasteiger partial charge on any atom is -0.507 e. The van der Waals surface area contributed by atoms with Crippen LogP contribution in [0.15, 0.2) is 72.6 Å². The minimum absolute atomic E-state index is 0.0127. The summed E-state index contributed by atoms with van der Waals surface area (Å²) in [6.45, 7) is 3.69. The number of likely N-dealkylation sites (tertiary alicyclic amines) is 1. The van der Waals surface area contributed by atoms with Crippen LogP contribution in [0.4, 0.5) is 0 Å². The third-order valence-electron chi connectivity index (χ3n) is 6.62. The molecule has 0 bridgehead atoms. The third-order valence-corrected chi connectivity index (χ3v) is 6.62. The van der Waals surface area contributed by atoms with Crippen molar-refractivity contribution < 1.29 is 28.9 Å². The van der Waals surface area contributed by atoms with Crippen LogP contribution in [0.25, 0.3) is 5.76 Å². The summed E-state index contributed by atoms with van der Waals surface area (Å²) in [6.07, 6.45) is 6.40. The number of pyridine rings is 1. The summed E-state index contributed by atoms with van der Waals surface area (Å²) >= 11 is 0. The second-order valence-electron chi connectivity index (χ2n) is 9.27. The SMILES string of the molecule is CCCCCOc1cccc(C2/C(=C(/O)c3ccc4c(c3)OCCO4)C(=O)C(=O)N2Cc2cccnc2)c1. The number of Topliss-reactive ketones (excluding diaryl/α,β-unsaturated/α-hetero) is 1. The van der Waals surface area contributed by atoms with Crippen LogP contribution in [-0.2, 0) is 16.1 Å². The molecule has 8 heteroatoms. The van der Waals surface area contributed by atoms with E-state index in [0.29, 0.717) is 48.2 Å². The lowest BCUT2D eigenvalue weighted by Crippen LogP contribution is -2.29. The summed E-state index contributed by atoms with van der Waals surface area (Å²) in [5, 5.41) is 11.4. The zero-order chi connectivity index (χ0) is 26.5. The van der Waals surface area contributed by atoms with E-state index in [4.69, 9.17) is 14.2 Å². The lowest BCUT2D eigenvalue weighted by atomic mass is 9.95. The first kappa shape index (κ1) is 25.3. The van der Waals surface area contributed by atoms with Gasteiger partial charge >= 0.3 is 0 Å². The van der Waals surface area contributed by atoms with Gasteiger partial charge in [-0.15, -0.1) is 0 Å². The molecule has 1 fully saturated rings. The standard InChI is InChI=1S/C30H30N2O6/c1-2-3-4-13-36-23-9-5-8-21(16-23)27-26(28(33)22-10-11-24-25(17-22)38-15-14-37-24)29(34)30(35)32(27)19-20-7-6-12-31-18-20/h5-12,16-18,27,33H,2-4,13-15,19H2,1H3/b28-26-. The smallest absolute Gasteiger partial charge is 0.295 e. The van der Waals surface area contributed by atoms with Gasteiger partial charge in [0.15, 0.2) is 11.5 Å². The number of ketones is 1. The van der Waals surface area contributed by atoms with Gasteiger partial charge in [-0.05, 0) is 53.9 Å². The number of aliphatic hydroxyl groups excluding tert-OH is 1. The van der Waals surface area contributed by atoms with Gasteiger partial charge in [-0.1, -0.05) is 38.0 Å². The number of benzene rings is 2. The van der Waals surface area contributed by atoms with Gasteiger partial charge in [-0.2, -0.15) is 0 Å². The van der Waals surface area contributed by atoms with Crippen molar-refractivity contribution in [3.63, 3.8) is 0 Å². The lowest BCUT2D eigenvalue weighted by molar-refractivity contribution is -0.140. The van der Waals surface area contributed by atoms with Crippen LogP contribution < -0.4 is 14.2 Å². The molecule has 5 rings (SSSR count). The van der Waals surface area contributed by atoms with Crippen LogP contribution in [0.5, 0.6) is 17.2 Å². The first-order valence-corrected chi connectivity index (χ1v) is 12.9. The number of rotatable bonds is 9. The molecule has 1 N–H and O–H groups in total.